The molecule has 0 unspecified atom stereocenters. The number of carbonyl (C=O) groups excluding carboxylic acids is 1. The second kappa shape index (κ2) is 11.4. The highest BCUT2D eigenvalue weighted by molar-refractivity contribution is 7.89. The second-order valence-electron chi connectivity index (χ2n) is 8.56. The van der Waals surface area contributed by atoms with E-state index in [0.29, 0.717) is 30.0 Å². The van der Waals surface area contributed by atoms with Crippen LogP contribution in [0, 0.1) is 13.8 Å². The predicted octanol–water partition coefficient (Wildman–Crippen LogP) is 5.67. The number of hydrogen-bond donors (Lipinski definition) is 0. The van der Waals surface area contributed by atoms with E-state index >= 15 is 0 Å². The van der Waals surface area contributed by atoms with E-state index in [4.69, 9.17) is 0 Å². The Hall–Kier alpha value is -2.29. The van der Waals surface area contributed by atoms with Crippen molar-refractivity contribution in [2.75, 3.05) is 13.1 Å². The topological polar surface area (TPSA) is 71.7 Å². The Labute approximate surface area is 207 Å². The van der Waals surface area contributed by atoms with Gasteiger partial charge < -0.3 is 4.57 Å². The quantitative estimate of drug-likeness (QED) is 0.359. The first-order valence-electron chi connectivity index (χ1n) is 12.0. The first-order valence-corrected chi connectivity index (χ1v) is 14.3. The predicted molar refractivity (Wildman–Crippen MR) is 140 cm³/mol. The lowest BCUT2D eigenvalue weighted by atomic mass is 10.1. The molecule has 3 aromatic rings. The highest BCUT2D eigenvalue weighted by Crippen LogP contribution is 2.25. The van der Waals surface area contributed by atoms with Crippen molar-refractivity contribution in [2.24, 2.45) is 4.99 Å². The minimum absolute atomic E-state index is 0.216. The van der Waals surface area contributed by atoms with E-state index in [0.717, 1.165) is 47.0 Å². The van der Waals surface area contributed by atoms with Crippen LogP contribution in [-0.2, 0) is 16.6 Å². The van der Waals surface area contributed by atoms with E-state index in [2.05, 4.69) is 49.4 Å². The fourth-order valence-electron chi connectivity index (χ4n) is 3.94. The summed E-state index contributed by atoms with van der Waals surface area (Å²) in [6, 6.07) is 10.4. The summed E-state index contributed by atoms with van der Waals surface area (Å²) in [6.45, 7) is 12.0. The number of unbranched alkanes of at least 4 members (excludes halogenated alkanes) is 2. The van der Waals surface area contributed by atoms with Crippen LogP contribution < -0.4 is 4.80 Å². The van der Waals surface area contributed by atoms with Gasteiger partial charge in [-0.2, -0.15) is 9.30 Å². The van der Waals surface area contributed by atoms with Crippen molar-refractivity contribution in [1.82, 2.24) is 8.87 Å². The van der Waals surface area contributed by atoms with Gasteiger partial charge in [0.15, 0.2) is 4.80 Å². The molecule has 34 heavy (non-hydrogen) atoms. The zero-order valence-corrected chi connectivity index (χ0v) is 22.4. The highest BCUT2D eigenvalue weighted by Gasteiger charge is 2.23. The molecule has 0 aliphatic carbocycles. The van der Waals surface area contributed by atoms with Crippen LogP contribution in [0.5, 0.6) is 0 Å². The molecule has 0 bridgehead atoms. The lowest BCUT2D eigenvalue weighted by Gasteiger charge is -2.22. The molecule has 1 heterocycles. The number of benzene rings is 2. The number of carbonyl (C=O) groups is 1. The second-order valence-corrected chi connectivity index (χ2v) is 11.5. The number of aryl methyl sites for hydroxylation is 3. The van der Waals surface area contributed by atoms with Gasteiger partial charge in [0.2, 0.25) is 10.0 Å². The number of thiazole rings is 1. The Morgan fingerprint density at radius 2 is 1.53 bits per heavy atom. The van der Waals surface area contributed by atoms with Crippen LogP contribution >= 0.6 is 11.3 Å². The average molecular weight is 502 g/mol. The van der Waals surface area contributed by atoms with Crippen molar-refractivity contribution in [3.63, 3.8) is 0 Å². The fourth-order valence-corrected chi connectivity index (χ4v) is 6.70. The lowest BCUT2D eigenvalue weighted by Crippen LogP contribution is -2.33. The van der Waals surface area contributed by atoms with Gasteiger partial charge in [-0.15, -0.1) is 0 Å². The largest absolute Gasteiger partial charge is 0.316 e. The monoisotopic (exact) mass is 501 g/mol. The molecule has 0 saturated heterocycles. The molecule has 184 valence electrons. The standard InChI is InChI=1S/C26H35N3O3S2/c1-6-9-17-28(18-10-7-2)34(31,32)22-15-13-21(14-16-22)25(30)27-26-29(8-3)23-19(4)11-12-20(5)24(23)33-26/h11-16H,6-10,17-18H2,1-5H3. The van der Waals surface area contributed by atoms with E-state index < -0.39 is 10.0 Å². The van der Waals surface area contributed by atoms with Gasteiger partial charge in [-0.25, -0.2) is 8.42 Å². The molecule has 2 aromatic carbocycles. The number of aromatic nitrogens is 1. The van der Waals surface area contributed by atoms with E-state index in [1.54, 1.807) is 16.4 Å². The third-order valence-electron chi connectivity index (χ3n) is 6.00. The Bertz CT molecular complexity index is 1310. The molecule has 0 aliphatic heterocycles. The molecule has 6 nitrogen and oxygen atoms in total. The molecule has 0 radical (unpaired) electrons. The SMILES string of the molecule is CCCCN(CCCC)S(=O)(=O)c1ccc(C(=O)N=c2sc3c(C)ccc(C)c3n2CC)cc1. The summed E-state index contributed by atoms with van der Waals surface area (Å²) in [5.41, 5.74) is 3.80. The van der Waals surface area contributed by atoms with Gasteiger partial charge in [0.25, 0.3) is 5.91 Å². The maximum absolute atomic E-state index is 13.2. The van der Waals surface area contributed by atoms with E-state index in [1.165, 1.54) is 23.5 Å². The lowest BCUT2D eigenvalue weighted by molar-refractivity contribution is 0.0997. The summed E-state index contributed by atoms with van der Waals surface area (Å²) in [4.78, 5) is 18.3. The molecule has 0 saturated carbocycles. The zero-order valence-electron chi connectivity index (χ0n) is 20.8. The normalized spacial score (nSPS) is 12.7. The molecule has 0 N–H and O–H groups in total. The average Bonchev–Trinajstić information content (AvgIpc) is 3.20. The van der Waals surface area contributed by atoms with Crippen molar-refractivity contribution in [3.05, 3.63) is 57.9 Å². The van der Waals surface area contributed by atoms with Crippen LogP contribution in [0.1, 0.15) is 67.9 Å². The molecule has 1 amide bonds. The third kappa shape index (κ3) is 5.50. The summed E-state index contributed by atoms with van der Waals surface area (Å²) >= 11 is 1.51. The van der Waals surface area contributed by atoms with Crippen molar-refractivity contribution in [3.8, 4) is 0 Å². The summed E-state index contributed by atoms with van der Waals surface area (Å²) in [6.07, 6.45) is 3.51. The number of sulfonamides is 1. The first-order chi connectivity index (χ1) is 16.2. The number of fused-ring (bicyclic) bond motifs is 1. The van der Waals surface area contributed by atoms with Crippen LogP contribution in [0.15, 0.2) is 46.3 Å². The van der Waals surface area contributed by atoms with Gasteiger partial charge in [-0.1, -0.05) is 50.2 Å². The maximum atomic E-state index is 13.2. The van der Waals surface area contributed by atoms with Crippen molar-refractivity contribution in [2.45, 2.75) is 71.7 Å². The molecule has 8 heteroatoms. The van der Waals surface area contributed by atoms with Gasteiger partial charge >= 0.3 is 0 Å². The van der Waals surface area contributed by atoms with Crippen molar-refractivity contribution < 1.29 is 13.2 Å². The Balaban J connectivity index is 1.93. The van der Waals surface area contributed by atoms with E-state index in [9.17, 15) is 13.2 Å². The Morgan fingerprint density at radius 3 is 2.09 bits per heavy atom. The van der Waals surface area contributed by atoms with Gasteiger partial charge in [0.05, 0.1) is 15.1 Å². The zero-order chi connectivity index (χ0) is 24.9. The van der Waals surface area contributed by atoms with Crippen molar-refractivity contribution >= 4 is 37.5 Å². The van der Waals surface area contributed by atoms with Crippen LogP contribution in [0.25, 0.3) is 10.2 Å². The van der Waals surface area contributed by atoms with Gasteiger partial charge in [0, 0.05) is 25.2 Å². The summed E-state index contributed by atoms with van der Waals surface area (Å²) in [5.74, 6) is -0.373. The summed E-state index contributed by atoms with van der Waals surface area (Å²) in [7, 11) is -3.60. The maximum Gasteiger partial charge on any atom is 0.279 e. The fraction of sp³-hybridized carbons (Fsp3) is 0.462. The molecule has 0 fully saturated rings. The minimum atomic E-state index is -3.60. The molecular formula is C26H35N3O3S2. The highest BCUT2D eigenvalue weighted by atomic mass is 32.2. The number of amides is 1. The summed E-state index contributed by atoms with van der Waals surface area (Å²) in [5, 5.41) is 0. The molecule has 0 spiro atoms. The summed E-state index contributed by atoms with van der Waals surface area (Å²) < 4.78 is 31.1. The van der Waals surface area contributed by atoms with Gasteiger partial charge in [-0.3, -0.25) is 4.79 Å². The van der Waals surface area contributed by atoms with Crippen LogP contribution in [0.3, 0.4) is 0 Å². The minimum Gasteiger partial charge on any atom is -0.316 e. The Morgan fingerprint density at radius 1 is 0.941 bits per heavy atom. The third-order valence-corrected chi connectivity index (χ3v) is 9.13. The molecule has 1 aromatic heterocycles. The molecule has 0 atom stereocenters. The van der Waals surface area contributed by atoms with E-state index in [1.807, 2.05) is 6.92 Å². The molecule has 3 rings (SSSR count). The van der Waals surface area contributed by atoms with Gasteiger partial charge in [0.1, 0.15) is 0 Å². The first kappa shape index (κ1) is 26.3. The van der Waals surface area contributed by atoms with Crippen LogP contribution in [0.2, 0.25) is 0 Å². The number of rotatable bonds is 10. The van der Waals surface area contributed by atoms with Crippen molar-refractivity contribution in [1.29, 1.82) is 0 Å². The number of hydrogen-bond acceptors (Lipinski definition) is 4. The van der Waals surface area contributed by atoms with Crippen LogP contribution in [-0.4, -0.2) is 36.3 Å². The number of nitrogens with zero attached hydrogens (tertiary/aromatic N) is 3. The van der Waals surface area contributed by atoms with Gasteiger partial charge in [-0.05, 0) is 69.0 Å². The Kier molecular flexibility index (Phi) is 8.84. The van der Waals surface area contributed by atoms with E-state index in [-0.39, 0.29) is 10.8 Å². The van der Waals surface area contributed by atoms with Crippen LogP contribution in [0.4, 0.5) is 0 Å². The smallest absolute Gasteiger partial charge is 0.279 e. The molecule has 0 aliphatic rings. The molecular weight excluding hydrogens is 466 g/mol.